The molecule has 0 saturated carbocycles. The molecule has 216 valence electrons. The van der Waals surface area contributed by atoms with Gasteiger partial charge in [-0.15, -0.1) is 0 Å². The molecule has 4 aromatic carbocycles. The van der Waals surface area contributed by atoms with Gasteiger partial charge in [-0.3, -0.25) is 0 Å². The minimum absolute atomic E-state index is 0.143. The molecule has 42 heavy (non-hydrogen) atoms. The van der Waals surface area contributed by atoms with Crippen molar-refractivity contribution < 1.29 is 28.8 Å². The maximum atomic E-state index is 11.2. The molecule has 0 amide bonds. The standard InChI is InChI=1S/C36H36O6/c37-36-32-22-29(17-16-28-10-4-1-5-11-28)23-33(36)25-40-27-35(31-14-8-3-9-15-31)42-21-19-38-18-20-41-34(26-39-24-32)30-12-6-2-7-13-30/h1-15,22-23,34-35,37H,18-21,24-27H2/t34-,35?/m1/s1. The Morgan fingerprint density at radius 2 is 0.976 bits per heavy atom. The molecule has 0 fully saturated rings. The van der Waals surface area contributed by atoms with Crippen molar-refractivity contribution in [1.29, 1.82) is 0 Å². The molecule has 4 aromatic rings. The fourth-order valence-corrected chi connectivity index (χ4v) is 4.69. The first-order valence-electron chi connectivity index (χ1n) is 14.2. The van der Waals surface area contributed by atoms with Crippen LogP contribution in [0.25, 0.3) is 0 Å². The molecule has 0 aromatic heterocycles. The van der Waals surface area contributed by atoms with Gasteiger partial charge < -0.3 is 28.8 Å². The van der Waals surface area contributed by atoms with Gasteiger partial charge in [-0.25, -0.2) is 0 Å². The SMILES string of the molecule is Oc1c2cc(C#Cc3ccccc3)cc1COC[C@H](c1ccccc1)OCCOCCOC(c1ccccc1)COC2. The fourth-order valence-electron chi connectivity index (χ4n) is 4.69. The summed E-state index contributed by atoms with van der Waals surface area (Å²) in [5.41, 5.74) is 4.99. The van der Waals surface area contributed by atoms with Crippen molar-refractivity contribution in [1.82, 2.24) is 0 Å². The van der Waals surface area contributed by atoms with Gasteiger partial charge in [0.25, 0.3) is 0 Å². The number of hydrogen-bond donors (Lipinski definition) is 1. The fraction of sp³-hybridized carbons (Fsp3) is 0.278. The summed E-state index contributed by atoms with van der Waals surface area (Å²) in [4.78, 5) is 0. The Hall–Kier alpha value is -3.96. The molecule has 0 aliphatic carbocycles. The molecular weight excluding hydrogens is 528 g/mol. The highest BCUT2D eigenvalue weighted by atomic mass is 16.6. The van der Waals surface area contributed by atoms with Gasteiger partial charge in [0, 0.05) is 22.3 Å². The lowest BCUT2D eigenvalue weighted by Gasteiger charge is -2.21. The first-order valence-corrected chi connectivity index (χ1v) is 14.2. The van der Waals surface area contributed by atoms with Gasteiger partial charge in [0.1, 0.15) is 18.0 Å². The van der Waals surface area contributed by atoms with Crippen LogP contribution in [0.3, 0.4) is 0 Å². The molecule has 0 spiro atoms. The van der Waals surface area contributed by atoms with Gasteiger partial charge in [0.05, 0.1) is 52.9 Å². The van der Waals surface area contributed by atoms with Crippen LogP contribution in [0.15, 0.2) is 103 Å². The monoisotopic (exact) mass is 564 g/mol. The second-order valence-corrected chi connectivity index (χ2v) is 9.94. The Labute approximate surface area is 247 Å². The van der Waals surface area contributed by atoms with E-state index in [-0.39, 0.29) is 31.2 Å². The molecule has 0 saturated heterocycles. The van der Waals surface area contributed by atoms with Gasteiger partial charge >= 0.3 is 0 Å². The number of aromatic hydroxyl groups is 1. The third-order valence-electron chi connectivity index (χ3n) is 6.88. The first kappa shape index (κ1) is 29.5. The number of fused-ring (bicyclic) bond motifs is 2. The van der Waals surface area contributed by atoms with Crippen LogP contribution in [0.2, 0.25) is 0 Å². The number of phenols is 1. The Bertz CT molecular complexity index is 1350. The minimum Gasteiger partial charge on any atom is -0.507 e. The average Bonchev–Trinajstić information content (AvgIpc) is 3.04. The van der Waals surface area contributed by atoms with E-state index in [1.165, 1.54) is 0 Å². The van der Waals surface area contributed by atoms with Crippen LogP contribution >= 0.6 is 0 Å². The number of rotatable bonds is 2. The predicted octanol–water partition coefficient (Wildman–Crippen LogP) is 6.37. The molecule has 1 aliphatic rings. The molecule has 1 unspecified atom stereocenters. The number of benzene rings is 4. The first-order chi connectivity index (χ1) is 20.8. The van der Waals surface area contributed by atoms with Gasteiger partial charge in [-0.05, 0) is 35.4 Å². The second kappa shape index (κ2) is 15.9. The number of phenolic OH excluding ortho intramolecular Hbond substituents is 1. The lowest BCUT2D eigenvalue weighted by molar-refractivity contribution is -0.0646. The third kappa shape index (κ3) is 8.77. The van der Waals surface area contributed by atoms with Crippen LogP contribution in [-0.4, -0.2) is 44.7 Å². The van der Waals surface area contributed by atoms with Crippen molar-refractivity contribution in [2.75, 3.05) is 39.6 Å². The number of hydrogen-bond acceptors (Lipinski definition) is 6. The largest absolute Gasteiger partial charge is 0.507 e. The summed E-state index contributed by atoms with van der Waals surface area (Å²) in [5, 5.41) is 11.2. The summed E-state index contributed by atoms with van der Waals surface area (Å²) in [6.07, 6.45) is -0.559. The highest BCUT2D eigenvalue weighted by Gasteiger charge is 2.17. The summed E-state index contributed by atoms with van der Waals surface area (Å²) in [5.74, 6) is 6.59. The molecule has 5 rings (SSSR count). The van der Waals surface area contributed by atoms with E-state index in [4.69, 9.17) is 23.7 Å². The smallest absolute Gasteiger partial charge is 0.126 e. The van der Waals surface area contributed by atoms with Gasteiger partial charge in [-0.1, -0.05) is 90.7 Å². The van der Waals surface area contributed by atoms with E-state index < -0.39 is 0 Å². The van der Waals surface area contributed by atoms with Crippen LogP contribution in [0, 0.1) is 11.8 Å². The minimum atomic E-state index is -0.279. The van der Waals surface area contributed by atoms with Crippen LogP contribution < -0.4 is 0 Å². The highest BCUT2D eigenvalue weighted by molar-refractivity contribution is 5.51. The molecule has 1 aliphatic heterocycles. The third-order valence-corrected chi connectivity index (χ3v) is 6.88. The van der Waals surface area contributed by atoms with E-state index in [1.54, 1.807) is 0 Å². The Kier molecular flexibility index (Phi) is 11.2. The van der Waals surface area contributed by atoms with Crippen molar-refractivity contribution in [3.63, 3.8) is 0 Å². The van der Waals surface area contributed by atoms with E-state index in [0.717, 1.165) is 22.3 Å². The number of ether oxygens (including phenoxy) is 5. The lowest BCUT2D eigenvalue weighted by Crippen LogP contribution is -2.18. The average molecular weight is 565 g/mol. The van der Waals surface area contributed by atoms with E-state index >= 15 is 0 Å². The van der Waals surface area contributed by atoms with E-state index in [9.17, 15) is 5.11 Å². The molecule has 2 atom stereocenters. The Morgan fingerprint density at radius 3 is 1.48 bits per heavy atom. The van der Waals surface area contributed by atoms with Crippen molar-refractivity contribution in [2.45, 2.75) is 25.4 Å². The molecule has 6 nitrogen and oxygen atoms in total. The summed E-state index contributed by atoms with van der Waals surface area (Å²) in [6.45, 7) is 2.71. The Balaban J connectivity index is 1.40. The molecule has 1 N–H and O–H groups in total. The van der Waals surface area contributed by atoms with Crippen molar-refractivity contribution in [3.8, 4) is 17.6 Å². The summed E-state index contributed by atoms with van der Waals surface area (Å²) in [6, 6.07) is 33.5. The van der Waals surface area contributed by atoms with Gasteiger partial charge in [0.15, 0.2) is 0 Å². The molecule has 2 bridgehead atoms. The van der Waals surface area contributed by atoms with Gasteiger partial charge in [0.2, 0.25) is 0 Å². The lowest BCUT2D eigenvalue weighted by atomic mass is 10.0. The zero-order valence-corrected chi connectivity index (χ0v) is 23.6. The molecule has 1 heterocycles. The van der Waals surface area contributed by atoms with Crippen LogP contribution in [0.4, 0.5) is 0 Å². The predicted molar refractivity (Wildman–Crippen MR) is 161 cm³/mol. The summed E-state index contributed by atoms with van der Waals surface area (Å²) in [7, 11) is 0. The molecular formula is C36H36O6. The molecule has 0 radical (unpaired) electrons. The van der Waals surface area contributed by atoms with E-state index in [1.807, 2.05) is 103 Å². The summed E-state index contributed by atoms with van der Waals surface area (Å²) < 4.78 is 30.4. The quantitative estimate of drug-likeness (QED) is 0.286. The topological polar surface area (TPSA) is 66.4 Å². The van der Waals surface area contributed by atoms with E-state index in [0.29, 0.717) is 50.8 Å². The van der Waals surface area contributed by atoms with Crippen LogP contribution in [0.1, 0.15) is 45.6 Å². The zero-order valence-electron chi connectivity index (χ0n) is 23.6. The zero-order chi connectivity index (χ0) is 28.8. The van der Waals surface area contributed by atoms with Crippen LogP contribution in [-0.2, 0) is 36.9 Å². The summed E-state index contributed by atoms with van der Waals surface area (Å²) >= 11 is 0. The van der Waals surface area contributed by atoms with Crippen molar-refractivity contribution in [3.05, 3.63) is 137 Å². The maximum Gasteiger partial charge on any atom is 0.126 e. The van der Waals surface area contributed by atoms with E-state index in [2.05, 4.69) is 11.8 Å². The van der Waals surface area contributed by atoms with Crippen LogP contribution in [0.5, 0.6) is 5.75 Å². The molecule has 6 heteroatoms. The Morgan fingerprint density at radius 1 is 0.524 bits per heavy atom. The second-order valence-electron chi connectivity index (χ2n) is 9.94. The maximum absolute atomic E-state index is 11.2. The van der Waals surface area contributed by atoms with Gasteiger partial charge in [-0.2, -0.15) is 0 Å². The van der Waals surface area contributed by atoms with Crippen molar-refractivity contribution in [2.24, 2.45) is 0 Å². The highest BCUT2D eigenvalue weighted by Crippen LogP contribution is 2.28. The van der Waals surface area contributed by atoms with Crippen molar-refractivity contribution >= 4 is 0 Å². The normalized spacial score (nSPS) is 19.0.